The van der Waals surface area contributed by atoms with Gasteiger partial charge in [-0.2, -0.15) is 0 Å². The van der Waals surface area contributed by atoms with Gasteiger partial charge in [0.2, 0.25) is 11.1 Å². The molecule has 0 unspecified atom stereocenters. The second-order valence-corrected chi connectivity index (χ2v) is 3.63. The van der Waals surface area contributed by atoms with E-state index in [1.165, 1.54) is 23.5 Å². The van der Waals surface area contributed by atoms with Crippen LogP contribution in [0.25, 0.3) is 0 Å². The Bertz CT molecular complexity index is 170. The number of hydrogen-bond donors (Lipinski definition) is 0. The Labute approximate surface area is 66.2 Å². The third kappa shape index (κ3) is 2.07. The highest BCUT2D eigenvalue weighted by atomic mass is 32.2. The van der Waals surface area contributed by atoms with Crippen molar-refractivity contribution in [2.45, 2.75) is 4.77 Å². The molecular weight excluding hydrogens is 172 g/mol. The molecule has 0 atom stereocenters. The van der Waals surface area contributed by atoms with Crippen LogP contribution in [0.1, 0.15) is 0 Å². The predicted molar refractivity (Wildman–Crippen MR) is 40.3 cm³/mol. The van der Waals surface area contributed by atoms with Crippen LogP contribution < -0.4 is 0 Å². The summed E-state index contributed by atoms with van der Waals surface area (Å²) in [5.41, 5.74) is 0. The topological polar surface area (TPSA) is 43.4 Å². The Morgan fingerprint density at radius 2 is 2.10 bits per heavy atom. The SMILES string of the molecule is O=CC(=O)OC1SC=CS1. The summed E-state index contributed by atoms with van der Waals surface area (Å²) >= 11 is 2.73. The molecule has 5 heteroatoms. The Kier molecular flexibility index (Phi) is 2.82. The fraction of sp³-hybridized carbons (Fsp3) is 0.200. The number of hydrogen-bond acceptors (Lipinski definition) is 5. The van der Waals surface area contributed by atoms with Crippen molar-refractivity contribution in [2.75, 3.05) is 0 Å². The van der Waals surface area contributed by atoms with Gasteiger partial charge in [-0.05, 0) is 10.8 Å². The van der Waals surface area contributed by atoms with Crippen LogP contribution in [0.4, 0.5) is 0 Å². The number of esters is 1. The maximum atomic E-state index is 10.3. The number of carbonyl (C=O) groups excluding carboxylic acids is 2. The zero-order valence-corrected chi connectivity index (χ0v) is 6.48. The summed E-state index contributed by atoms with van der Waals surface area (Å²) < 4.78 is 4.35. The van der Waals surface area contributed by atoms with Crippen molar-refractivity contribution in [3.05, 3.63) is 10.8 Å². The zero-order valence-electron chi connectivity index (χ0n) is 4.85. The van der Waals surface area contributed by atoms with Gasteiger partial charge in [0.05, 0.1) is 0 Å². The quantitative estimate of drug-likeness (QED) is 0.356. The number of ether oxygens (including phenoxy) is 1. The molecule has 54 valence electrons. The van der Waals surface area contributed by atoms with Crippen molar-refractivity contribution in [3.63, 3.8) is 0 Å². The lowest BCUT2D eigenvalue weighted by molar-refractivity contribution is -0.147. The summed E-state index contributed by atoms with van der Waals surface area (Å²) in [5.74, 6) is -0.811. The monoisotopic (exact) mass is 176 g/mol. The maximum Gasteiger partial charge on any atom is 0.373 e. The van der Waals surface area contributed by atoms with Gasteiger partial charge in [-0.25, -0.2) is 4.79 Å². The van der Waals surface area contributed by atoms with E-state index >= 15 is 0 Å². The van der Waals surface area contributed by atoms with Crippen LogP contribution in [-0.4, -0.2) is 17.0 Å². The van der Waals surface area contributed by atoms with Crippen LogP contribution in [0, 0.1) is 0 Å². The lowest BCUT2D eigenvalue weighted by Crippen LogP contribution is -2.10. The van der Waals surface area contributed by atoms with Gasteiger partial charge < -0.3 is 4.74 Å². The minimum Gasteiger partial charge on any atom is -0.435 e. The summed E-state index contributed by atoms with van der Waals surface area (Å²) in [6.45, 7) is 0. The van der Waals surface area contributed by atoms with Crippen molar-refractivity contribution >= 4 is 35.8 Å². The fourth-order valence-electron chi connectivity index (χ4n) is 0.403. The highest BCUT2D eigenvalue weighted by Gasteiger charge is 2.15. The molecular formula is C5H4O3S2. The Morgan fingerprint density at radius 3 is 2.60 bits per heavy atom. The maximum absolute atomic E-state index is 10.3. The standard InChI is InChI=1S/C5H4O3S2/c6-3-4(7)8-5-9-1-2-10-5/h1-3,5H. The first-order chi connectivity index (χ1) is 4.83. The summed E-state index contributed by atoms with van der Waals surface area (Å²) in [5, 5.41) is 3.63. The minimum atomic E-state index is -0.811. The molecule has 0 saturated carbocycles. The van der Waals surface area contributed by atoms with Gasteiger partial charge in [-0.3, -0.25) is 4.79 Å². The summed E-state index contributed by atoms with van der Waals surface area (Å²) in [6.07, 6.45) is 0.166. The van der Waals surface area contributed by atoms with E-state index in [9.17, 15) is 9.59 Å². The molecule has 10 heavy (non-hydrogen) atoms. The van der Waals surface area contributed by atoms with Crippen molar-refractivity contribution < 1.29 is 14.3 Å². The molecule has 0 bridgehead atoms. The van der Waals surface area contributed by atoms with Crippen LogP contribution in [0.15, 0.2) is 10.8 Å². The van der Waals surface area contributed by atoms with E-state index in [1.807, 2.05) is 10.8 Å². The van der Waals surface area contributed by atoms with Crippen LogP contribution in [-0.2, 0) is 14.3 Å². The Morgan fingerprint density at radius 1 is 1.50 bits per heavy atom. The van der Waals surface area contributed by atoms with E-state index in [1.54, 1.807) is 0 Å². The van der Waals surface area contributed by atoms with Crippen molar-refractivity contribution in [2.24, 2.45) is 0 Å². The second kappa shape index (κ2) is 3.68. The van der Waals surface area contributed by atoms with Gasteiger partial charge in [-0.15, -0.1) is 0 Å². The third-order valence-corrected chi connectivity index (χ3v) is 2.81. The molecule has 1 rings (SSSR count). The normalized spacial score (nSPS) is 17.2. The molecule has 0 amide bonds. The molecule has 1 aliphatic heterocycles. The van der Waals surface area contributed by atoms with Crippen molar-refractivity contribution in [3.8, 4) is 0 Å². The fourth-order valence-corrected chi connectivity index (χ4v) is 2.11. The Hall–Kier alpha value is -0.420. The highest BCUT2D eigenvalue weighted by molar-refractivity contribution is 8.22. The van der Waals surface area contributed by atoms with E-state index in [-0.39, 0.29) is 11.1 Å². The molecule has 0 aromatic carbocycles. The predicted octanol–water partition coefficient (Wildman–Crippen LogP) is 0.963. The average Bonchev–Trinajstić information content (AvgIpc) is 2.40. The highest BCUT2D eigenvalue weighted by Crippen LogP contribution is 2.33. The third-order valence-electron chi connectivity index (χ3n) is 0.744. The van der Waals surface area contributed by atoms with Gasteiger partial charge >= 0.3 is 5.97 Å². The number of aldehydes is 1. The van der Waals surface area contributed by atoms with Crippen LogP contribution in [0.3, 0.4) is 0 Å². The molecule has 0 aromatic rings. The van der Waals surface area contributed by atoms with Crippen LogP contribution >= 0.6 is 23.5 Å². The molecule has 0 saturated heterocycles. The number of rotatable bonds is 2. The first-order valence-electron chi connectivity index (χ1n) is 2.44. The molecule has 0 fully saturated rings. The van der Waals surface area contributed by atoms with Gasteiger partial charge in [0.1, 0.15) is 0 Å². The Balaban J connectivity index is 2.26. The lowest BCUT2D eigenvalue weighted by Gasteiger charge is -2.04. The molecule has 0 spiro atoms. The first kappa shape index (κ1) is 7.68. The number of thioether (sulfide) groups is 2. The van der Waals surface area contributed by atoms with E-state index < -0.39 is 5.97 Å². The smallest absolute Gasteiger partial charge is 0.373 e. The van der Waals surface area contributed by atoms with E-state index in [2.05, 4.69) is 4.74 Å². The van der Waals surface area contributed by atoms with Gasteiger partial charge in [0.15, 0.2) is 0 Å². The molecule has 0 aromatic heterocycles. The molecule has 1 heterocycles. The van der Waals surface area contributed by atoms with E-state index in [0.717, 1.165) is 0 Å². The lowest BCUT2D eigenvalue weighted by atomic mass is 10.8. The van der Waals surface area contributed by atoms with Gasteiger partial charge in [0, 0.05) is 0 Å². The molecule has 1 aliphatic rings. The molecule has 0 N–H and O–H groups in total. The van der Waals surface area contributed by atoms with E-state index in [4.69, 9.17) is 0 Å². The summed E-state index contributed by atoms with van der Waals surface area (Å²) in [7, 11) is 0. The molecule has 0 radical (unpaired) electrons. The van der Waals surface area contributed by atoms with Gasteiger partial charge in [-0.1, -0.05) is 23.5 Å². The van der Waals surface area contributed by atoms with Crippen LogP contribution in [0.5, 0.6) is 0 Å². The first-order valence-corrected chi connectivity index (χ1v) is 4.33. The van der Waals surface area contributed by atoms with E-state index in [0.29, 0.717) is 0 Å². The van der Waals surface area contributed by atoms with Crippen LogP contribution in [0.2, 0.25) is 0 Å². The summed E-state index contributed by atoms with van der Waals surface area (Å²) in [4.78, 5) is 20.1. The van der Waals surface area contributed by atoms with Gasteiger partial charge in [0.25, 0.3) is 0 Å². The minimum absolute atomic E-state index is 0.166. The molecule has 0 aliphatic carbocycles. The zero-order chi connectivity index (χ0) is 7.40. The largest absolute Gasteiger partial charge is 0.435 e. The second-order valence-electron chi connectivity index (χ2n) is 1.39. The van der Waals surface area contributed by atoms with Crippen molar-refractivity contribution in [1.29, 1.82) is 0 Å². The molecule has 3 nitrogen and oxygen atoms in total. The average molecular weight is 176 g/mol. The number of carbonyl (C=O) groups is 2. The summed E-state index contributed by atoms with van der Waals surface area (Å²) in [6, 6.07) is 0. The van der Waals surface area contributed by atoms with Crippen molar-refractivity contribution in [1.82, 2.24) is 0 Å².